The quantitative estimate of drug-likeness (QED) is 0.574. The van der Waals surface area contributed by atoms with Crippen molar-refractivity contribution in [2.24, 2.45) is 0 Å². The van der Waals surface area contributed by atoms with Gasteiger partial charge in [-0.25, -0.2) is 5.10 Å². The van der Waals surface area contributed by atoms with Crippen LogP contribution in [0.5, 0.6) is 0 Å². The molecule has 0 aliphatic rings. The summed E-state index contributed by atoms with van der Waals surface area (Å²) in [5, 5.41) is 20.7. The van der Waals surface area contributed by atoms with E-state index < -0.39 is 11.9 Å². The third-order valence-electron chi connectivity index (χ3n) is 1.14. The summed E-state index contributed by atoms with van der Waals surface area (Å²) in [5.41, 5.74) is 0. The first-order valence-corrected chi connectivity index (χ1v) is 2.68. The van der Waals surface area contributed by atoms with Gasteiger partial charge >= 0.3 is 5.97 Å². The van der Waals surface area contributed by atoms with Crippen molar-refractivity contribution in [2.75, 3.05) is 0 Å². The molecule has 0 bridgehead atoms. The summed E-state index contributed by atoms with van der Waals surface area (Å²) >= 11 is 0. The standard InChI is InChI=1S/C4H6N4O2/c1-2(4(9)10)3-5-7-8-6-3/h2H,1H3,(H,9,10)(H,5,6,7,8). The second-order valence-electron chi connectivity index (χ2n) is 1.85. The monoisotopic (exact) mass is 142 g/mol. The molecule has 0 saturated carbocycles. The smallest absolute Gasteiger partial charge is 0.314 e. The minimum Gasteiger partial charge on any atom is -0.481 e. The van der Waals surface area contributed by atoms with Gasteiger partial charge in [-0.05, 0) is 17.4 Å². The van der Waals surface area contributed by atoms with Crippen molar-refractivity contribution >= 4 is 5.97 Å². The number of carboxylic acids is 1. The van der Waals surface area contributed by atoms with Crippen LogP contribution in [0.3, 0.4) is 0 Å². The van der Waals surface area contributed by atoms with Crippen LogP contribution in [-0.4, -0.2) is 31.7 Å². The van der Waals surface area contributed by atoms with Gasteiger partial charge in [-0.15, -0.1) is 5.10 Å². The normalized spacial score (nSPS) is 12.9. The molecule has 10 heavy (non-hydrogen) atoms. The summed E-state index contributed by atoms with van der Waals surface area (Å²) in [5.74, 6) is -1.35. The Hall–Kier alpha value is -1.46. The number of hydrogen-bond donors (Lipinski definition) is 2. The molecule has 0 aromatic carbocycles. The first-order chi connectivity index (χ1) is 4.72. The summed E-state index contributed by atoms with van der Waals surface area (Å²) in [4.78, 5) is 10.3. The van der Waals surface area contributed by atoms with E-state index >= 15 is 0 Å². The van der Waals surface area contributed by atoms with Crippen molar-refractivity contribution in [3.8, 4) is 0 Å². The van der Waals surface area contributed by atoms with Gasteiger partial charge < -0.3 is 5.11 Å². The van der Waals surface area contributed by atoms with Gasteiger partial charge in [0.25, 0.3) is 0 Å². The van der Waals surface area contributed by atoms with E-state index in [9.17, 15) is 4.79 Å². The van der Waals surface area contributed by atoms with Gasteiger partial charge in [0.2, 0.25) is 0 Å². The van der Waals surface area contributed by atoms with Crippen LogP contribution in [0.1, 0.15) is 18.7 Å². The number of nitrogens with zero attached hydrogens (tertiary/aromatic N) is 3. The lowest BCUT2D eigenvalue weighted by molar-refractivity contribution is -0.138. The number of carbonyl (C=O) groups is 1. The van der Waals surface area contributed by atoms with Crippen LogP contribution in [0, 0.1) is 0 Å². The van der Waals surface area contributed by atoms with E-state index in [4.69, 9.17) is 5.11 Å². The van der Waals surface area contributed by atoms with E-state index in [1.165, 1.54) is 6.92 Å². The Labute approximate surface area is 56.3 Å². The Morgan fingerprint density at radius 3 is 2.90 bits per heavy atom. The van der Waals surface area contributed by atoms with Crippen molar-refractivity contribution in [1.29, 1.82) is 0 Å². The van der Waals surface area contributed by atoms with Gasteiger partial charge in [-0.2, -0.15) is 0 Å². The number of hydrogen-bond acceptors (Lipinski definition) is 4. The molecule has 0 amide bonds. The van der Waals surface area contributed by atoms with E-state index in [0.29, 0.717) is 0 Å². The zero-order valence-electron chi connectivity index (χ0n) is 5.27. The minimum atomic E-state index is -0.946. The summed E-state index contributed by atoms with van der Waals surface area (Å²) in [7, 11) is 0. The van der Waals surface area contributed by atoms with E-state index in [1.54, 1.807) is 0 Å². The zero-order valence-corrected chi connectivity index (χ0v) is 5.27. The van der Waals surface area contributed by atoms with Crippen LogP contribution >= 0.6 is 0 Å². The lowest BCUT2D eigenvalue weighted by atomic mass is 10.2. The molecular formula is C4H6N4O2. The molecule has 0 spiro atoms. The Kier molecular flexibility index (Phi) is 1.61. The predicted octanol–water partition coefficient (Wildman–Crippen LogP) is -0.612. The fourth-order valence-corrected chi connectivity index (χ4v) is 0.467. The molecule has 6 heteroatoms. The highest BCUT2D eigenvalue weighted by atomic mass is 16.4. The second-order valence-corrected chi connectivity index (χ2v) is 1.85. The lowest BCUT2D eigenvalue weighted by Gasteiger charge is -1.96. The summed E-state index contributed by atoms with van der Waals surface area (Å²) in [6.45, 7) is 1.50. The van der Waals surface area contributed by atoms with Gasteiger partial charge in [0.05, 0.1) is 0 Å². The Morgan fingerprint density at radius 2 is 2.50 bits per heavy atom. The molecule has 1 aromatic heterocycles. The highest BCUT2D eigenvalue weighted by molar-refractivity contribution is 5.74. The van der Waals surface area contributed by atoms with Crippen molar-refractivity contribution in [3.63, 3.8) is 0 Å². The van der Waals surface area contributed by atoms with E-state index in [2.05, 4.69) is 20.6 Å². The van der Waals surface area contributed by atoms with Crippen LogP contribution in [-0.2, 0) is 4.79 Å². The molecule has 0 aliphatic carbocycles. The first kappa shape index (κ1) is 6.66. The predicted molar refractivity (Wildman–Crippen MR) is 30.2 cm³/mol. The van der Waals surface area contributed by atoms with E-state index in [0.717, 1.165) is 0 Å². The molecule has 1 atom stereocenters. The molecule has 6 nitrogen and oxygen atoms in total. The van der Waals surface area contributed by atoms with Gasteiger partial charge in [0.15, 0.2) is 5.82 Å². The Balaban J connectivity index is 2.77. The third kappa shape index (κ3) is 1.09. The van der Waals surface area contributed by atoms with Gasteiger partial charge in [0.1, 0.15) is 5.92 Å². The first-order valence-electron chi connectivity index (χ1n) is 2.68. The minimum absolute atomic E-state index is 0.271. The molecule has 1 unspecified atom stereocenters. The van der Waals surface area contributed by atoms with Crippen LogP contribution in [0.15, 0.2) is 0 Å². The molecule has 0 aliphatic heterocycles. The molecule has 0 saturated heterocycles. The molecule has 0 radical (unpaired) electrons. The number of aliphatic carboxylic acids is 1. The van der Waals surface area contributed by atoms with E-state index in [1.807, 2.05) is 0 Å². The maximum atomic E-state index is 10.3. The Morgan fingerprint density at radius 1 is 1.80 bits per heavy atom. The molecule has 0 fully saturated rings. The van der Waals surface area contributed by atoms with Crippen LogP contribution in [0.4, 0.5) is 0 Å². The molecular weight excluding hydrogens is 136 g/mol. The van der Waals surface area contributed by atoms with Crippen LogP contribution < -0.4 is 0 Å². The van der Waals surface area contributed by atoms with Crippen molar-refractivity contribution < 1.29 is 9.90 Å². The molecule has 2 N–H and O–H groups in total. The fraction of sp³-hybridized carbons (Fsp3) is 0.500. The molecule has 1 rings (SSSR count). The van der Waals surface area contributed by atoms with E-state index in [-0.39, 0.29) is 5.82 Å². The van der Waals surface area contributed by atoms with Gasteiger partial charge in [-0.3, -0.25) is 4.79 Å². The van der Waals surface area contributed by atoms with Gasteiger partial charge in [-0.1, -0.05) is 0 Å². The topological polar surface area (TPSA) is 91.8 Å². The van der Waals surface area contributed by atoms with Crippen molar-refractivity contribution in [1.82, 2.24) is 20.6 Å². The second kappa shape index (κ2) is 2.42. The number of nitrogens with one attached hydrogen (secondary N) is 1. The van der Waals surface area contributed by atoms with Crippen LogP contribution in [0.2, 0.25) is 0 Å². The van der Waals surface area contributed by atoms with Crippen LogP contribution in [0.25, 0.3) is 0 Å². The number of tetrazole rings is 1. The average Bonchev–Trinajstić information content (AvgIpc) is 2.36. The Bertz CT molecular complexity index is 219. The maximum Gasteiger partial charge on any atom is 0.314 e. The number of rotatable bonds is 2. The largest absolute Gasteiger partial charge is 0.481 e. The summed E-state index contributed by atoms with van der Waals surface area (Å²) < 4.78 is 0. The summed E-state index contributed by atoms with van der Waals surface area (Å²) in [6.07, 6.45) is 0. The van der Waals surface area contributed by atoms with Gasteiger partial charge in [0, 0.05) is 0 Å². The number of H-pyrrole nitrogens is 1. The number of aromatic amines is 1. The lowest BCUT2D eigenvalue weighted by Crippen LogP contribution is -2.08. The average molecular weight is 142 g/mol. The fourth-order valence-electron chi connectivity index (χ4n) is 0.467. The van der Waals surface area contributed by atoms with Crippen molar-refractivity contribution in [3.05, 3.63) is 5.82 Å². The molecule has 54 valence electrons. The highest BCUT2D eigenvalue weighted by Gasteiger charge is 2.16. The number of carboxylic acid groups (broad SMARTS) is 1. The molecule has 1 heterocycles. The molecule has 1 aromatic rings. The number of aromatic nitrogens is 4. The highest BCUT2D eigenvalue weighted by Crippen LogP contribution is 2.06. The maximum absolute atomic E-state index is 10.3. The van der Waals surface area contributed by atoms with Crippen molar-refractivity contribution in [2.45, 2.75) is 12.8 Å². The summed E-state index contributed by atoms with van der Waals surface area (Å²) in [6, 6.07) is 0. The third-order valence-corrected chi connectivity index (χ3v) is 1.14. The zero-order chi connectivity index (χ0) is 7.56. The SMILES string of the molecule is CC(C(=O)O)c1nnn[nH]1.